The number of hydrogen-bond acceptors (Lipinski definition) is 7. The summed E-state index contributed by atoms with van der Waals surface area (Å²) in [5.74, 6) is 1.97. The van der Waals surface area contributed by atoms with Gasteiger partial charge in [0.05, 0.1) is 11.9 Å². The number of oxazole rings is 1. The second-order valence-electron chi connectivity index (χ2n) is 4.46. The zero-order chi connectivity index (χ0) is 16.1. The highest BCUT2D eigenvalue weighted by Gasteiger charge is 2.09. The highest BCUT2D eigenvalue weighted by atomic mass is 35.5. The van der Waals surface area contributed by atoms with Gasteiger partial charge in [0.1, 0.15) is 0 Å². The van der Waals surface area contributed by atoms with Crippen molar-refractivity contribution in [1.29, 1.82) is 0 Å². The number of nitrogens with zero attached hydrogens (tertiary/aromatic N) is 3. The van der Waals surface area contributed by atoms with E-state index in [2.05, 4.69) is 27.1 Å². The molecule has 0 amide bonds. The smallest absolute Gasteiger partial charge is 0.206 e. The SMILES string of the molecule is C=CCNc1nnc(SCc2ncc(-c3ccc(Cl)cc3)o2)s1. The Balaban J connectivity index is 1.59. The minimum Gasteiger partial charge on any atom is -0.440 e. The predicted octanol–water partition coefficient (Wildman–Crippen LogP) is 4.74. The van der Waals surface area contributed by atoms with Crippen molar-refractivity contribution in [2.24, 2.45) is 0 Å². The van der Waals surface area contributed by atoms with Gasteiger partial charge in [-0.1, -0.05) is 40.8 Å². The van der Waals surface area contributed by atoms with Crippen LogP contribution in [0, 0.1) is 0 Å². The lowest BCUT2D eigenvalue weighted by Gasteiger charge is -1.96. The first kappa shape index (κ1) is 16.0. The van der Waals surface area contributed by atoms with Crippen LogP contribution in [-0.4, -0.2) is 21.7 Å². The maximum Gasteiger partial charge on any atom is 0.206 e. The Kier molecular flexibility index (Phi) is 5.32. The molecule has 118 valence electrons. The van der Waals surface area contributed by atoms with Gasteiger partial charge in [-0.2, -0.15) is 0 Å². The number of nitrogens with one attached hydrogen (secondary N) is 1. The van der Waals surface area contributed by atoms with E-state index in [9.17, 15) is 0 Å². The lowest BCUT2D eigenvalue weighted by atomic mass is 10.2. The van der Waals surface area contributed by atoms with Gasteiger partial charge in [0.15, 0.2) is 10.1 Å². The molecule has 0 bridgehead atoms. The summed E-state index contributed by atoms with van der Waals surface area (Å²) in [6.07, 6.45) is 3.50. The zero-order valence-electron chi connectivity index (χ0n) is 12.0. The molecule has 0 saturated carbocycles. The van der Waals surface area contributed by atoms with Gasteiger partial charge in [0.2, 0.25) is 11.0 Å². The summed E-state index contributed by atoms with van der Waals surface area (Å²) in [5, 5.41) is 12.7. The first-order valence-corrected chi connectivity index (χ1v) is 8.94. The van der Waals surface area contributed by atoms with Crippen LogP contribution >= 0.6 is 34.7 Å². The number of rotatable bonds is 7. The summed E-state index contributed by atoms with van der Waals surface area (Å²) in [5.41, 5.74) is 0.949. The largest absolute Gasteiger partial charge is 0.440 e. The number of halogens is 1. The van der Waals surface area contributed by atoms with Crippen LogP contribution in [0.5, 0.6) is 0 Å². The quantitative estimate of drug-likeness (QED) is 0.482. The van der Waals surface area contributed by atoms with Crippen molar-refractivity contribution < 1.29 is 4.42 Å². The Labute approximate surface area is 146 Å². The molecular formula is C15H13ClN4OS2. The molecule has 0 radical (unpaired) electrons. The fourth-order valence-electron chi connectivity index (χ4n) is 1.75. The van der Waals surface area contributed by atoms with Crippen LogP contribution in [0.2, 0.25) is 5.02 Å². The molecular weight excluding hydrogens is 352 g/mol. The molecule has 0 aliphatic heterocycles. The minimum atomic E-state index is 0.601. The summed E-state index contributed by atoms with van der Waals surface area (Å²) < 4.78 is 6.62. The van der Waals surface area contributed by atoms with Gasteiger partial charge in [-0.15, -0.1) is 16.8 Å². The highest BCUT2D eigenvalue weighted by Crippen LogP contribution is 2.29. The van der Waals surface area contributed by atoms with Crippen molar-refractivity contribution in [2.75, 3.05) is 11.9 Å². The van der Waals surface area contributed by atoms with Gasteiger partial charge in [-0.25, -0.2) is 4.98 Å². The van der Waals surface area contributed by atoms with Gasteiger partial charge < -0.3 is 9.73 Å². The van der Waals surface area contributed by atoms with Crippen LogP contribution in [0.3, 0.4) is 0 Å². The van der Waals surface area contributed by atoms with Crippen LogP contribution < -0.4 is 5.32 Å². The third-order valence-electron chi connectivity index (χ3n) is 2.81. The fourth-order valence-corrected chi connectivity index (χ4v) is 3.49. The topological polar surface area (TPSA) is 63.8 Å². The number of aromatic nitrogens is 3. The van der Waals surface area contributed by atoms with Crippen molar-refractivity contribution in [1.82, 2.24) is 15.2 Å². The molecule has 5 nitrogen and oxygen atoms in total. The monoisotopic (exact) mass is 364 g/mol. The van der Waals surface area contributed by atoms with E-state index in [1.807, 2.05) is 24.3 Å². The molecule has 0 atom stereocenters. The molecule has 3 aromatic rings. The molecule has 0 saturated heterocycles. The van der Waals surface area contributed by atoms with E-state index in [0.29, 0.717) is 23.2 Å². The molecule has 0 spiro atoms. The van der Waals surface area contributed by atoms with E-state index < -0.39 is 0 Å². The Morgan fingerprint density at radius 2 is 2.13 bits per heavy atom. The van der Waals surface area contributed by atoms with Gasteiger partial charge in [-0.3, -0.25) is 0 Å². The number of benzene rings is 1. The Morgan fingerprint density at radius 3 is 2.91 bits per heavy atom. The van der Waals surface area contributed by atoms with E-state index in [1.165, 1.54) is 11.3 Å². The first-order valence-electron chi connectivity index (χ1n) is 6.76. The van der Waals surface area contributed by atoms with Crippen molar-refractivity contribution in [3.63, 3.8) is 0 Å². The minimum absolute atomic E-state index is 0.601. The van der Waals surface area contributed by atoms with E-state index in [4.69, 9.17) is 16.0 Å². The summed E-state index contributed by atoms with van der Waals surface area (Å²) >= 11 is 8.92. The molecule has 0 aliphatic rings. The van der Waals surface area contributed by atoms with E-state index >= 15 is 0 Å². The van der Waals surface area contributed by atoms with Crippen LogP contribution in [0.4, 0.5) is 5.13 Å². The second-order valence-corrected chi connectivity index (χ2v) is 7.09. The highest BCUT2D eigenvalue weighted by molar-refractivity contribution is 8.00. The summed E-state index contributed by atoms with van der Waals surface area (Å²) in [7, 11) is 0. The molecule has 3 rings (SSSR count). The molecule has 1 N–H and O–H groups in total. The van der Waals surface area contributed by atoms with Gasteiger partial charge >= 0.3 is 0 Å². The van der Waals surface area contributed by atoms with Crippen molar-refractivity contribution >= 4 is 39.8 Å². The fraction of sp³-hybridized carbons (Fsp3) is 0.133. The van der Waals surface area contributed by atoms with Crippen LogP contribution in [-0.2, 0) is 5.75 Å². The van der Waals surface area contributed by atoms with Crippen LogP contribution in [0.15, 0.2) is 51.9 Å². The summed E-state index contributed by atoms with van der Waals surface area (Å²) in [6, 6.07) is 7.46. The average Bonchev–Trinajstić information content (AvgIpc) is 3.21. The van der Waals surface area contributed by atoms with Crippen molar-refractivity contribution in [3.05, 3.63) is 54.0 Å². The predicted molar refractivity (Wildman–Crippen MR) is 95.1 cm³/mol. The van der Waals surface area contributed by atoms with E-state index in [0.717, 1.165) is 20.8 Å². The second kappa shape index (κ2) is 7.63. The third kappa shape index (κ3) is 4.34. The molecule has 0 fully saturated rings. The number of hydrogen-bond donors (Lipinski definition) is 1. The molecule has 0 aliphatic carbocycles. The third-order valence-corrected chi connectivity index (χ3v) is 5.06. The van der Waals surface area contributed by atoms with Gasteiger partial charge in [-0.05, 0) is 24.3 Å². The Morgan fingerprint density at radius 1 is 1.30 bits per heavy atom. The lowest BCUT2D eigenvalue weighted by Crippen LogP contribution is -1.96. The van der Waals surface area contributed by atoms with Crippen molar-refractivity contribution in [3.8, 4) is 11.3 Å². The molecule has 2 heterocycles. The summed E-state index contributed by atoms with van der Waals surface area (Å²) in [6.45, 7) is 4.32. The number of thioether (sulfide) groups is 1. The average molecular weight is 365 g/mol. The maximum atomic E-state index is 5.88. The van der Waals surface area contributed by atoms with E-state index in [1.54, 1.807) is 24.0 Å². The molecule has 2 aromatic heterocycles. The standard InChI is InChI=1S/C15H13ClN4OS2/c1-2-7-17-14-19-20-15(23-14)22-9-13-18-8-12(21-13)10-3-5-11(16)6-4-10/h2-6,8H,1,7,9H2,(H,17,19). The Hall–Kier alpha value is -1.83. The lowest BCUT2D eigenvalue weighted by molar-refractivity contribution is 0.530. The van der Waals surface area contributed by atoms with Crippen molar-refractivity contribution in [2.45, 2.75) is 10.1 Å². The Bertz CT molecular complexity index is 785. The number of anilines is 1. The molecule has 23 heavy (non-hydrogen) atoms. The normalized spacial score (nSPS) is 10.7. The van der Waals surface area contributed by atoms with Gasteiger partial charge in [0.25, 0.3) is 0 Å². The van der Waals surface area contributed by atoms with Crippen LogP contribution in [0.1, 0.15) is 5.89 Å². The van der Waals surface area contributed by atoms with E-state index in [-0.39, 0.29) is 0 Å². The molecule has 1 aromatic carbocycles. The maximum absolute atomic E-state index is 5.88. The van der Waals surface area contributed by atoms with Gasteiger partial charge in [0, 0.05) is 17.1 Å². The molecule has 0 unspecified atom stereocenters. The first-order chi connectivity index (χ1) is 11.2. The summed E-state index contributed by atoms with van der Waals surface area (Å²) in [4.78, 5) is 4.29. The molecule has 8 heteroatoms. The zero-order valence-corrected chi connectivity index (χ0v) is 14.4. The van der Waals surface area contributed by atoms with Crippen LogP contribution in [0.25, 0.3) is 11.3 Å².